The second kappa shape index (κ2) is 6.39. The lowest BCUT2D eigenvalue weighted by Crippen LogP contribution is -2.38. The molecule has 1 aromatic carbocycles. The Morgan fingerprint density at radius 1 is 1.35 bits per heavy atom. The van der Waals surface area contributed by atoms with E-state index in [0.29, 0.717) is 0 Å². The zero-order valence-corrected chi connectivity index (χ0v) is 15.3. The first-order valence-electron chi connectivity index (χ1n) is 8.43. The summed E-state index contributed by atoms with van der Waals surface area (Å²) in [6, 6.07) is 3.97. The second-order valence-corrected chi connectivity index (χ2v) is 8.44. The normalized spacial score (nSPS) is 19.2. The summed E-state index contributed by atoms with van der Waals surface area (Å²) < 4.78 is 25.7. The lowest BCUT2D eigenvalue weighted by molar-refractivity contribution is -0.141. The van der Waals surface area contributed by atoms with Crippen LogP contribution in [0.4, 0.5) is 0 Å². The zero-order valence-electron chi connectivity index (χ0n) is 14.5. The van der Waals surface area contributed by atoms with Gasteiger partial charge in [-0.2, -0.15) is 0 Å². The first-order valence-corrected chi connectivity index (χ1v) is 9.87. The van der Waals surface area contributed by atoms with E-state index in [-0.39, 0.29) is 35.2 Å². The van der Waals surface area contributed by atoms with Gasteiger partial charge in [-0.15, -0.1) is 0 Å². The lowest BCUT2D eigenvalue weighted by atomic mass is 10.1. The number of carboxylic acids is 1. The molecular formula is C17H20N2O6S. The predicted molar refractivity (Wildman–Crippen MR) is 91.2 cm³/mol. The van der Waals surface area contributed by atoms with E-state index >= 15 is 0 Å². The fourth-order valence-corrected chi connectivity index (χ4v) is 4.65. The van der Waals surface area contributed by atoms with Crippen LogP contribution >= 0.6 is 0 Å². The van der Waals surface area contributed by atoms with Crippen molar-refractivity contribution < 1.29 is 27.9 Å². The predicted octanol–water partition coefficient (Wildman–Crippen LogP) is 1.18. The SMILES string of the molecule is CCN1C(=O)c2ccc(C(=O)N(CC(C)C(=O)O)C3CC3)cc2S1(=O)=O. The van der Waals surface area contributed by atoms with Crippen LogP contribution in [0.2, 0.25) is 0 Å². The van der Waals surface area contributed by atoms with Crippen molar-refractivity contribution in [2.75, 3.05) is 13.1 Å². The number of aliphatic carboxylic acids is 1. The number of carboxylic acid groups (broad SMARTS) is 1. The maximum Gasteiger partial charge on any atom is 0.308 e. The largest absolute Gasteiger partial charge is 0.481 e. The first kappa shape index (κ1) is 18.4. The second-order valence-electron chi connectivity index (χ2n) is 6.61. The van der Waals surface area contributed by atoms with Crippen molar-refractivity contribution in [2.45, 2.75) is 37.6 Å². The number of hydrogen-bond donors (Lipinski definition) is 1. The van der Waals surface area contributed by atoms with E-state index in [4.69, 9.17) is 5.11 Å². The Balaban J connectivity index is 1.94. The molecule has 0 saturated heterocycles. The van der Waals surface area contributed by atoms with Crippen LogP contribution in [-0.2, 0) is 14.8 Å². The minimum absolute atomic E-state index is 0.0173. The van der Waals surface area contributed by atoms with E-state index in [1.807, 2.05) is 0 Å². The third-order valence-corrected chi connectivity index (χ3v) is 6.58. The van der Waals surface area contributed by atoms with Crippen LogP contribution in [0.5, 0.6) is 0 Å². The standard InChI is InChI=1S/C17H20N2O6S/c1-3-19-16(21)13-7-4-11(8-14(13)26(19,24)25)15(20)18(12-5-6-12)9-10(2)17(22)23/h4,7-8,10,12H,3,5-6,9H2,1-2H3,(H,22,23). The molecule has 9 heteroatoms. The summed E-state index contributed by atoms with van der Waals surface area (Å²) in [6.45, 7) is 3.16. The number of amides is 2. The van der Waals surface area contributed by atoms with Crippen LogP contribution in [0, 0.1) is 5.92 Å². The third-order valence-electron chi connectivity index (χ3n) is 4.68. The molecule has 1 saturated carbocycles. The monoisotopic (exact) mass is 380 g/mol. The number of fused-ring (bicyclic) bond motifs is 1. The van der Waals surface area contributed by atoms with Crippen LogP contribution in [-0.4, -0.2) is 59.6 Å². The van der Waals surface area contributed by atoms with Crippen LogP contribution in [0.15, 0.2) is 23.1 Å². The molecule has 140 valence electrons. The van der Waals surface area contributed by atoms with Gasteiger partial charge in [-0.05, 0) is 38.0 Å². The van der Waals surface area contributed by atoms with Crippen molar-refractivity contribution in [2.24, 2.45) is 5.92 Å². The molecule has 2 aliphatic rings. The van der Waals surface area contributed by atoms with Crippen molar-refractivity contribution >= 4 is 27.8 Å². The van der Waals surface area contributed by atoms with Crippen molar-refractivity contribution in [1.82, 2.24) is 9.21 Å². The molecule has 1 unspecified atom stereocenters. The quantitative estimate of drug-likeness (QED) is 0.793. The van der Waals surface area contributed by atoms with Crippen LogP contribution < -0.4 is 0 Å². The Bertz CT molecular complexity index is 891. The van der Waals surface area contributed by atoms with Crippen molar-refractivity contribution in [3.8, 4) is 0 Å². The molecule has 3 rings (SSSR count). The average Bonchev–Trinajstić information content (AvgIpc) is 3.40. The van der Waals surface area contributed by atoms with Gasteiger partial charge in [-0.3, -0.25) is 14.4 Å². The molecule has 1 N–H and O–H groups in total. The van der Waals surface area contributed by atoms with Gasteiger partial charge in [0.15, 0.2) is 0 Å². The zero-order chi connectivity index (χ0) is 19.2. The van der Waals surface area contributed by atoms with E-state index in [2.05, 4.69) is 0 Å². The van der Waals surface area contributed by atoms with E-state index in [9.17, 15) is 22.8 Å². The van der Waals surface area contributed by atoms with Crippen molar-refractivity contribution in [3.63, 3.8) is 0 Å². The highest BCUT2D eigenvalue weighted by atomic mass is 32.2. The molecule has 0 spiro atoms. The number of sulfonamides is 1. The highest BCUT2D eigenvalue weighted by Gasteiger charge is 2.41. The minimum atomic E-state index is -3.95. The molecule has 1 aromatic rings. The summed E-state index contributed by atoms with van der Waals surface area (Å²) in [5.41, 5.74) is 0.197. The summed E-state index contributed by atoms with van der Waals surface area (Å²) in [7, 11) is -3.95. The van der Waals surface area contributed by atoms with Gasteiger partial charge in [0.2, 0.25) is 0 Å². The van der Waals surface area contributed by atoms with E-state index in [1.165, 1.54) is 30.0 Å². The van der Waals surface area contributed by atoms with E-state index in [1.54, 1.807) is 6.92 Å². The lowest BCUT2D eigenvalue weighted by Gasteiger charge is -2.24. The van der Waals surface area contributed by atoms with Crippen LogP contribution in [0.1, 0.15) is 47.4 Å². The molecule has 1 aliphatic carbocycles. The topological polar surface area (TPSA) is 112 Å². The summed E-state index contributed by atoms with van der Waals surface area (Å²) >= 11 is 0. The Morgan fingerprint density at radius 3 is 2.54 bits per heavy atom. The number of carbonyl (C=O) groups is 3. The van der Waals surface area contributed by atoms with E-state index in [0.717, 1.165) is 17.1 Å². The molecule has 1 fully saturated rings. The maximum atomic E-state index is 12.9. The molecule has 26 heavy (non-hydrogen) atoms. The van der Waals surface area contributed by atoms with Crippen LogP contribution in [0.25, 0.3) is 0 Å². The van der Waals surface area contributed by atoms with Gasteiger partial charge in [-0.1, -0.05) is 6.92 Å². The van der Waals surface area contributed by atoms with Gasteiger partial charge in [0.25, 0.3) is 21.8 Å². The molecule has 1 aliphatic heterocycles. The molecule has 0 bridgehead atoms. The summed E-state index contributed by atoms with van der Waals surface area (Å²) in [6.07, 6.45) is 1.59. The summed E-state index contributed by atoms with van der Waals surface area (Å²) in [4.78, 5) is 37.5. The molecule has 1 heterocycles. The Labute approximate surface area is 151 Å². The van der Waals surface area contributed by atoms with Gasteiger partial charge in [0.1, 0.15) is 4.90 Å². The summed E-state index contributed by atoms with van der Waals surface area (Å²) in [5, 5.41) is 9.11. The van der Waals surface area contributed by atoms with Gasteiger partial charge in [0.05, 0.1) is 11.5 Å². The third kappa shape index (κ3) is 2.96. The molecule has 0 radical (unpaired) electrons. The molecular weight excluding hydrogens is 360 g/mol. The number of hydrogen-bond acceptors (Lipinski definition) is 5. The Hall–Kier alpha value is -2.42. The Kier molecular flexibility index (Phi) is 4.51. The summed E-state index contributed by atoms with van der Waals surface area (Å²) in [5.74, 6) is -2.74. The number of rotatable bonds is 6. The molecule has 2 amide bonds. The fourth-order valence-electron chi connectivity index (χ4n) is 3.04. The van der Waals surface area contributed by atoms with Crippen LogP contribution in [0.3, 0.4) is 0 Å². The minimum Gasteiger partial charge on any atom is -0.481 e. The smallest absolute Gasteiger partial charge is 0.308 e. The highest BCUT2D eigenvalue weighted by Crippen LogP contribution is 2.33. The molecule has 0 aromatic heterocycles. The van der Waals surface area contributed by atoms with Gasteiger partial charge in [-0.25, -0.2) is 12.7 Å². The van der Waals surface area contributed by atoms with Gasteiger partial charge < -0.3 is 10.0 Å². The van der Waals surface area contributed by atoms with E-state index < -0.39 is 33.7 Å². The number of benzene rings is 1. The van der Waals surface area contributed by atoms with Crippen molar-refractivity contribution in [3.05, 3.63) is 29.3 Å². The number of carbonyl (C=O) groups excluding carboxylic acids is 2. The molecule has 8 nitrogen and oxygen atoms in total. The maximum absolute atomic E-state index is 12.9. The first-order chi connectivity index (χ1) is 12.2. The number of nitrogens with zero attached hydrogens (tertiary/aromatic N) is 2. The fraction of sp³-hybridized carbons (Fsp3) is 0.471. The van der Waals surface area contributed by atoms with Gasteiger partial charge >= 0.3 is 5.97 Å². The average molecular weight is 380 g/mol. The Morgan fingerprint density at radius 2 is 2.00 bits per heavy atom. The van der Waals surface area contributed by atoms with Crippen molar-refractivity contribution in [1.29, 1.82) is 0 Å². The highest BCUT2D eigenvalue weighted by molar-refractivity contribution is 7.90. The van der Waals surface area contributed by atoms with Gasteiger partial charge in [0, 0.05) is 24.7 Å². The molecule has 1 atom stereocenters.